The molecule has 1 atom stereocenters. The van der Waals surface area contributed by atoms with Crippen molar-refractivity contribution in [1.29, 1.82) is 0 Å². The third kappa shape index (κ3) is 5.45. The van der Waals surface area contributed by atoms with Gasteiger partial charge in [-0.25, -0.2) is 0 Å². The molecule has 8 nitrogen and oxygen atoms in total. The highest BCUT2D eigenvalue weighted by Crippen LogP contribution is 2.50. The van der Waals surface area contributed by atoms with Crippen LogP contribution in [0.1, 0.15) is 30.0 Å². The fourth-order valence-corrected chi connectivity index (χ4v) is 5.36. The highest BCUT2D eigenvalue weighted by molar-refractivity contribution is 5.83. The lowest BCUT2D eigenvalue weighted by atomic mass is 9.95. The van der Waals surface area contributed by atoms with Crippen LogP contribution in [0.5, 0.6) is 17.2 Å². The van der Waals surface area contributed by atoms with Crippen LogP contribution in [0.3, 0.4) is 0 Å². The van der Waals surface area contributed by atoms with Gasteiger partial charge in [-0.05, 0) is 74.8 Å². The molecule has 0 radical (unpaired) electrons. The average Bonchev–Trinajstić information content (AvgIpc) is 3.14. The Kier molecular flexibility index (Phi) is 8.72. The van der Waals surface area contributed by atoms with Gasteiger partial charge in [-0.15, -0.1) is 0 Å². The second-order valence-electron chi connectivity index (χ2n) is 9.61. The van der Waals surface area contributed by atoms with Gasteiger partial charge in [0.25, 0.3) is 0 Å². The number of fused-ring (bicyclic) bond motifs is 3. The molecule has 0 amide bonds. The summed E-state index contributed by atoms with van der Waals surface area (Å²) in [4.78, 5) is 18.2. The zero-order chi connectivity index (χ0) is 25.7. The lowest BCUT2D eigenvalue weighted by molar-refractivity contribution is 0.154. The van der Waals surface area contributed by atoms with Crippen LogP contribution in [0.2, 0.25) is 0 Å². The van der Waals surface area contributed by atoms with E-state index >= 15 is 0 Å². The molecule has 2 aromatic carbocycles. The number of methoxy groups -OCH3 is 3. The summed E-state index contributed by atoms with van der Waals surface area (Å²) in [6, 6.07) is 7.81. The molecule has 1 heterocycles. The van der Waals surface area contributed by atoms with Crippen LogP contribution >= 0.6 is 0 Å². The zero-order valence-corrected chi connectivity index (χ0v) is 22.3. The van der Waals surface area contributed by atoms with E-state index < -0.39 is 0 Å². The van der Waals surface area contributed by atoms with Crippen LogP contribution in [0.4, 0.5) is 5.69 Å². The lowest BCUT2D eigenvalue weighted by Crippen LogP contribution is -2.44. The van der Waals surface area contributed by atoms with Gasteiger partial charge in [0.05, 0.1) is 27.0 Å². The molecule has 0 saturated carbocycles. The lowest BCUT2D eigenvalue weighted by Gasteiger charge is -2.32. The molecule has 0 spiro atoms. The largest absolute Gasteiger partial charge is 0.493 e. The minimum atomic E-state index is -0.000934. The normalized spacial score (nSPS) is 18.1. The monoisotopic (exact) mass is 496 g/mol. The molecule has 1 fully saturated rings. The number of hydrogen-bond acceptors (Lipinski definition) is 8. The van der Waals surface area contributed by atoms with E-state index in [1.54, 1.807) is 27.4 Å². The van der Waals surface area contributed by atoms with E-state index in [4.69, 9.17) is 14.2 Å². The van der Waals surface area contributed by atoms with E-state index in [0.717, 1.165) is 80.8 Å². The van der Waals surface area contributed by atoms with Gasteiger partial charge in [0.2, 0.25) is 11.2 Å². The fraction of sp³-hybridized carbons (Fsp3) is 0.536. The van der Waals surface area contributed by atoms with Gasteiger partial charge in [0, 0.05) is 44.3 Å². The quantitative estimate of drug-likeness (QED) is 0.514. The maximum atomic E-state index is 13.3. The number of anilines is 1. The predicted molar refractivity (Wildman–Crippen MR) is 145 cm³/mol. The van der Waals surface area contributed by atoms with Gasteiger partial charge in [-0.3, -0.25) is 4.79 Å². The Morgan fingerprint density at radius 2 is 1.75 bits per heavy atom. The number of rotatable bonds is 9. The number of hydrogen-bond donors (Lipinski definition) is 2. The van der Waals surface area contributed by atoms with Crippen molar-refractivity contribution in [3.8, 4) is 28.4 Å². The Morgan fingerprint density at radius 1 is 1.00 bits per heavy atom. The number of benzene rings is 1. The van der Waals surface area contributed by atoms with E-state index in [2.05, 4.69) is 27.5 Å². The Hall–Kier alpha value is -2.81. The van der Waals surface area contributed by atoms with Crippen molar-refractivity contribution in [2.24, 2.45) is 0 Å². The Balaban J connectivity index is 1.65. The average molecular weight is 497 g/mol. The first-order valence-electron chi connectivity index (χ1n) is 12.8. The molecular formula is C28H40N4O4. The molecule has 8 heteroatoms. The summed E-state index contributed by atoms with van der Waals surface area (Å²) in [5, 5.41) is 6.81. The van der Waals surface area contributed by atoms with Gasteiger partial charge < -0.3 is 34.6 Å². The third-order valence-corrected chi connectivity index (χ3v) is 7.45. The van der Waals surface area contributed by atoms with Gasteiger partial charge in [-0.1, -0.05) is 6.07 Å². The maximum absolute atomic E-state index is 13.3. The van der Waals surface area contributed by atoms with E-state index in [0.29, 0.717) is 22.9 Å². The molecule has 196 valence electrons. The van der Waals surface area contributed by atoms with E-state index in [9.17, 15) is 4.79 Å². The van der Waals surface area contributed by atoms with Crippen LogP contribution in [0, 0.1) is 0 Å². The molecule has 1 aliphatic heterocycles. The van der Waals surface area contributed by atoms with Gasteiger partial charge in [0.15, 0.2) is 11.5 Å². The van der Waals surface area contributed by atoms with Crippen molar-refractivity contribution in [2.75, 3.05) is 80.0 Å². The zero-order valence-electron chi connectivity index (χ0n) is 22.3. The van der Waals surface area contributed by atoms with Crippen molar-refractivity contribution in [2.45, 2.75) is 25.3 Å². The predicted octanol–water partition coefficient (Wildman–Crippen LogP) is 3.00. The molecule has 1 aliphatic carbocycles. The van der Waals surface area contributed by atoms with Crippen molar-refractivity contribution in [3.05, 3.63) is 45.6 Å². The number of piperazine rings is 1. The SMILES string of the molecule is CN[C@H]1CCc2cc(OC)c(OC)c(OC)c2-c2ccc(NCCCN3CCN(C)CC3)c(=O)cc21. The summed E-state index contributed by atoms with van der Waals surface area (Å²) < 4.78 is 17.1. The summed E-state index contributed by atoms with van der Waals surface area (Å²) in [5.41, 5.74) is 4.64. The molecule has 2 N–H and O–H groups in total. The second kappa shape index (κ2) is 12.0. The van der Waals surface area contributed by atoms with Gasteiger partial charge >= 0.3 is 0 Å². The van der Waals surface area contributed by atoms with Crippen LogP contribution in [-0.2, 0) is 6.42 Å². The highest BCUT2D eigenvalue weighted by Gasteiger charge is 2.28. The Labute approximate surface area is 214 Å². The fourth-order valence-electron chi connectivity index (χ4n) is 5.36. The standard InChI is InChI=1S/C28H40N4O4/c1-29-22-9-7-19-17-25(34-3)27(35-4)28(36-5)26(19)20-8-10-23(24(33)18-21(20)22)30-11-6-12-32-15-13-31(2)14-16-32/h8,10,17-18,22,29H,6-7,9,11-16H2,1-5H3,(H,30,33)/t22-/m0/s1. The van der Waals surface area contributed by atoms with Crippen molar-refractivity contribution in [1.82, 2.24) is 15.1 Å². The summed E-state index contributed by atoms with van der Waals surface area (Å²) in [5.74, 6) is 1.83. The second-order valence-corrected chi connectivity index (χ2v) is 9.61. The molecule has 0 unspecified atom stereocenters. The van der Waals surface area contributed by atoms with Crippen molar-refractivity contribution in [3.63, 3.8) is 0 Å². The van der Waals surface area contributed by atoms with Crippen LogP contribution in [0.15, 0.2) is 29.1 Å². The first-order chi connectivity index (χ1) is 17.5. The third-order valence-electron chi connectivity index (χ3n) is 7.45. The number of ether oxygens (including phenoxy) is 3. The maximum Gasteiger partial charge on any atom is 0.203 e. The van der Waals surface area contributed by atoms with Gasteiger partial charge in [-0.2, -0.15) is 0 Å². The number of likely N-dealkylation sites (N-methyl/N-ethyl adjacent to an activating group) is 1. The smallest absolute Gasteiger partial charge is 0.203 e. The minimum absolute atomic E-state index is 0.000934. The summed E-state index contributed by atoms with van der Waals surface area (Å²) in [6.07, 6.45) is 2.67. The molecule has 2 aliphatic rings. The molecule has 0 aromatic heterocycles. The Morgan fingerprint density at radius 3 is 2.42 bits per heavy atom. The van der Waals surface area contributed by atoms with Crippen molar-refractivity contribution < 1.29 is 14.2 Å². The Bertz CT molecular complexity index is 1120. The van der Waals surface area contributed by atoms with Crippen molar-refractivity contribution >= 4 is 5.69 Å². The molecule has 4 rings (SSSR count). The van der Waals surface area contributed by atoms with E-state index in [1.165, 1.54) is 0 Å². The first kappa shape index (κ1) is 26.3. The number of aryl methyl sites for hydroxylation is 1. The van der Waals surface area contributed by atoms with E-state index in [1.807, 2.05) is 25.2 Å². The summed E-state index contributed by atoms with van der Waals surface area (Å²) in [6.45, 7) is 6.25. The van der Waals surface area contributed by atoms with Crippen LogP contribution in [0.25, 0.3) is 11.1 Å². The summed E-state index contributed by atoms with van der Waals surface area (Å²) in [7, 11) is 9.01. The summed E-state index contributed by atoms with van der Waals surface area (Å²) >= 11 is 0. The molecule has 2 aromatic rings. The number of nitrogens with one attached hydrogen (secondary N) is 2. The molecule has 36 heavy (non-hydrogen) atoms. The molecule has 1 saturated heterocycles. The van der Waals surface area contributed by atoms with E-state index in [-0.39, 0.29) is 11.5 Å². The highest BCUT2D eigenvalue weighted by atomic mass is 16.5. The molecular weight excluding hydrogens is 456 g/mol. The minimum Gasteiger partial charge on any atom is -0.493 e. The number of nitrogens with zero attached hydrogens (tertiary/aromatic N) is 2. The van der Waals surface area contributed by atoms with Gasteiger partial charge in [0.1, 0.15) is 0 Å². The van der Waals surface area contributed by atoms with Crippen LogP contribution < -0.4 is 30.3 Å². The van der Waals surface area contributed by atoms with Crippen LogP contribution in [-0.4, -0.2) is 84.5 Å². The molecule has 0 bridgehead atoms. The topological polar surface area (TPSA) is 75.3 Å². The first-order valence-corrected chi connectivity index (χ1v) is 12.8.